The molecule has 0 atom stereocenters. The molecule has 1 aromatic heterocycles. The quantitative estimate of drug-likeness (QED) is 0.571. The van der Waals surface area contributed by atoms with Crippen LogP contribution < -0.4 is 0 Å². The molecule has 1 N–H and O–H groups in total. The summed E-state index contributed by atoms with van der Waals surface area (Å²) in [6, 6.07) is 0. The number of rotatable bonds is 3. The zero-order valence-electron chi connectivity index (χ0n) is 6.96. The zero-order chi connectivity index (χ0) is 8.97. The molecule has 1 rings (SSSR count). The smallest absolute Gasteiger partial charge is 0.342 e. The van der Waals surface area contributed by atoms with Gasteiger partial charge in [0.1, 0.15) is 10.6 Å². The maximum Gasteiger partial charge on any atom is 0.342 e. The maximum absolute atomic E-state index is 11.2. The predicted octanol–water partition coefficient (Wildman–Crippen LogP) is 1.31. The summed E-state index contributed by atoms with van der Waals surface area (Å²) in [5.41, 5.74) is 0.504. The summed E-state index contributed by atoms with van der Waals surface area (Å²) in [6.45, 7) is 2.16. The minimum atomic E-state index is -0.324. The second kappa shape index (κ2) is 4.15. The Balaban J connectivity index is 2.79. The van der Waals surface area contributed by atoms with Crippen LogP contribution in [0.15, 0.2) is 11.2 Å². The maximum atomic E-state index is 11.2. The third kappa shape index (κ3) is 1.79. The second-order valence-electron chi connectivity index (χ2n) is 2.04. The zero-order valence-corrected chi connectivity index (χ0v) is 7.77. The number of hydrogen-bond acceptors (Lipinski definition) is 4. The first-order valence-electron chi connectivity index (χ1n) is 3.54. The summed E-state index contributed by atoms with van der Waals surface area (Å²) < 4.78 is 4.82. The number of aromatic nitrogens is 2. The standard InChI is InChI=1S/C7H10N2O2S/c1-3-11-7(10)5-4-8-9-6(5)12-2/h4H,3H2,1-2H3,(H,8,9). The Labute approximate surface area is 74.7 Å². The van der Waals surface area contributed by atoms with Crippen LogP contribution in [0.1, 0.15) is 17.3 Å². The molecule has 0 spiro atoms. The lowest BCUT2D eigenvalue weighted by molar-refractivity contribution is 0.0522. The van der Waals surface area contributed by atoms with E-state index >= 15 is 0 Å². The molecule has 0 aliphatic rings. The molecule has 0 amide bonds. The molecule has 1 heterocycles. The largest absolute Gasteiger partial charge is 0.462 e. The van der Waals surface area contributed by atoms with E-state index in [1.54, 1.807) is 6.92 Å². The third-order valence-electron chi connectivity index (χ3n) is 1.30. The SMILES string of the molecule is CCOC(=O)c1cn[nH]c1SC. The van der Waals surface area contributed by atoms with E-state index in [0.717, 1.165) is 5.03 Å². The Hall–Kier alpha value is -0.970. The highest BCUT2D eigenvalue weighted by Gasteiger charge is 2.13. The van der Waals surface area contributed by atoms with E-state index in [-0.39, 0.29) is 5.97 Å². The van der Waals surface area contributed by atoms with Crippen molar-refractivity contribution in [2.45, 2.75) is 11.9 Å². The molecule has 4 nitrogen and oxygen atoms in total. The Bertz CT molecular complexity index is 272. The number of nitrogens with zero attached hydrogens (tertiary/aromatic N) is 1. The number of carbonyl (C=O) groups excluding carboxylic acids is 1. The van der Waals surface area contributed by atoms with Gasteiger partial charge in [-0.05, 0) is 13.2 Å². The molecule has 0 unspecified atom stereocenters. The van der Waals surface area contributed by atoms with Crippen molar-refractivity contribution in [2.75, 3.05) is 12.9 Å². The van der Waals surface area contributed by atoms with Gasteiger partial charge in [0.2, 0.25) is 0 Å². The number of nitrogens with one attached hydrogen (secondary N) is 1. The van der Waals surface area contributed by atoms with Crippen LogP contribution in [0.3, 0.4) is 0 Å². The molecule has 0 saturated carbocycles. The van der Waals surface area contributed by atoms with Gasteiger partial charge in [0.15, 0.2) is 0 Å². The molecule has 0 aliphatic heterocycles. The van der Waals surface area contributed by atoms with Crippen LogP contribution in [0, 0.1) is 0 Å². The van der Waals surface area contributed by atoms with Crippen LogP contribution in [0.5, 0.6) is 0 Å². The number of esters is 1. The summed E-state index contributed by atoms with van der Waals surface area (Å²) >= 11 is 1.44. The van der Waals surface area contributed by atoms with Gasteiger partial charge < -0.3 is 4.74 Å². The van der Waals surface area contributed by atoms with E-state index in [4.69, 9.17) is 4.74 Å². The van der Waals surface area contributed by atoms with Crippen LogP contribution in [0.2, 0.25) is 0 Å². The molecule has 0 aromatic carbocycles. The first kappa shape index (κ1) is 9.12. The minimum Gasteiger partial charge on any atom is -0.462 e. The van der Waals surface area contributed by atoms with Crippen molar-refractivity contribution in [1.82, 2.24) is 10.2 Å². The summed E-state index contributed by atoms with van der Waals surface area (Å²) in [4.78, 5) is 11.2. The number of carbonyl (C=O) groups is 1. The molecule has 0 saturated heterocycles. The fraction of sp³-hybridized carbons (Fsp3) is 0.429. The summed E-state index contributed by atoms with van der Waals surface area (Å²) in [5.74, 6) is -0.324. The number of H-pyrrole nitrogens is 1. The van der Waals surface area contributed by atoms with Gasteiger partial charge in [-0.2, -0.15) is 5.10 Å². The van der Waals surface area contributed by atoms with Crippen molar-refractivity contribution in [1.29, 1.82) is 0 Å². The van der Waals surface area contributed by atoms with Crippen LogP contribution in [0.4, 0.5) is 0 Å². The molecule has 12 heavy (non-hydrogen) atoms. The lowest BCUT2D eigenvalue weighted by Crippen LogP contribution is -2.04. The van der Waals surface area contributed by atoms with Crippen LogP contribution >= 0.6 is 11.8 Å². The number of aromatic amines is 1. The van der Waals surface area contributed by atoms with Gasteiger partial charge in [0, 0.05) is 0 Å². The Morgan fingerprint density at radius 2 is 2.58 bits per heavy atom. The monoisotopic (exact) mass is 186 g/mol. The number of thioether (sulfide) groups is 1. The van der Waals surface area contributed by atoms with Crippen molar-refractivity contribution >= 4 is 17.7 Å². The third-order valence-corrected chi connectivity index (χ3v) is 2.02. The van der Waals surface area contributed by atoms with Gasteiger partial charge in [-0.3, -0.25) is 5.10 Å². The predicted molar refractivity (Wildman–Crippen MR) is 46.3 cm³/mol. The molecule has 5 heteroatoms. The van der Waals surface area contributed by atoms with Gasteiger partial charge >= 0.3 is 5.97 Å². The van der Waals surface area contributed by atoms with Crippen LogP contribution in [0.25, 0.3) is 0 Å². The molecular weight excluding hydrogens is 176 g/mol. The van der Waals surface area contributed by atoms with E-state index in [1.165, 1.54) is 18.0 Å². The molecule has 66 valence electrons. The molecule has 0 bridgehead atoms. The van der Waals surface area contributed by atoms with E-state index < -0.39 is 0 Å². The molecular formula is C7H10N2O2S. The second-order valence-corrected chi connectivity index (χ2v) is 2.85. The van der Waals surface area contributed by atoms with E-state index in [1.807, 2.05) is 6.26 Å². The number of ether oxygens (including phenoxy) is 1. The lowest BCUT2D eigenvalue weighted by Gasteiger charge is -1.99. The highest BCUT2D eigenvalue weighted by molar-refractivity contribution is 7.98. The normalized spacial score (nSPS) is 9.83. The van der Waals surface area contributed by atoms with Crippen LogP contribution in [-0.2, 0) is 4.74 Å². The van der Waals surface area contributed by atoms with Crippen LogP contribution in [-0.4, -0.2) is 29.0 Å². The first-order chi connectivity index (χ1) is 5.79. The summed E-state index contributed by atoms with van der Waals surface area (Å²) in [5, 5.41) is 7.20. The highest BCUT2D eigenvalue weighted by Crippen LogP contribution is 2.16. The van der Waals surface area contributed by atoms with E-state index in [2.05, 4.69) is 10.2 Å². The van der Waals surface area contributed by atoms with E-state index in [0.29, 0.717) is 12.2 Å². The molecule has 1 aromatic rings. The summed E-state index contributed by atoms with van der Waals surface area (Å²) in [7, 11) is 0. The van der Waals surface area contributed by atoms with E-state index in [9.17, 15) is 4.79 Å². The molecule has 0 aliphatic carbocycles. The van der Waals surface area contributed by atoms with Gasteiger partial charge in [-0.1, -0.05) is 0 Å². The average Bonchev–Trinajstić information content (AvgIpc) is 2.51. The van der Waals surface area contributed by atoms with Gasteiger partial charge in [-0.15, -0.1) is 11.8 Å². The van der Waals surface area contributed by atoms with Crippen molar-refractivity contribution < 1.29 is 9.53 Å². The van der Waals surface area contributed by atoms with Gasteiger partial charge in [0.25, 0.3) is 0 Å². The van der Waals surface area contributed by atoms with Gasteiger partial charge in [-0.25, -0.2) is 4.79 Å². The lowest BCUT2D eigenvalue weighted by atomic mass is 10.4. The fourth-order valence-electron chi connectivity index (χ4n) is 0.784. The van der Waals surface area contributed by atoms with Crippen molar-refractivity contribution in [3.63, 3.8) is 0 Å². The minimum absolute atomic E-state index is 0.324. The average molecular weight is 186 g/mol. The fourth-order valence-corrected chi connectivity index (χ4v) is 1.28. The molecule has 0 fully saturated rings. The van der Waals surface area contributed by atoms with Crippen molar-refractivity contribution in [2.24, 2.45) is 0 Å². The van der Waals surface area contributed by atoms with Crippen molar-refractivity contribution in [3.8, 4) is 0 Å². The first-order valence-corrected chi connectivity index (χ1v) is 4.76. The Morgan fingerprint density at radius 1 is 1.83 bits per heavy atom. The highest BCUT2D eigenvalue weighted by atomic mass is 32.2. The Morgan fingerprint density at radius 3 is 3.17 bits per heavy atom. The van der Waals surface area contributed by atoms with Crippen molar-refractivity contribution in [3.05, 3.63) is 11.8 Å². The number of hydrogen-bond donors (Lipinski definition) is 1. The topological polar surface area (TPSA) is 55.0 Å². The Kier molecular flexibility index (Phi) is 3.16. The molecule has 0 radical (unpaired) electrons. The summed E-state index contributed by atoms with van der Waals surface area (Å²) in [6.07, 6.45) is 3.35. The van der Waals surface area contributed by atoms with Gasteiger partial charge in [0.05, 0.1) is 12.8 Å².